The van der Waals surface area contributed by atoms with Crippen molar-refractivity contribution >= 4 is 23.2 Å². The Labute approximate surface area is 142 Å². The van der Waals surface area contributed by atoms with Crippen LogP contribution in [0, 0.1) is 18.8 Å². The van der Waals surface area contributed by atoms with Crippen molar-refractivity contribution in [3.63, 3.8) is 0 Å². The van der Waals surface area contributed by atoms with Crippen molar-refractivity contribution in [3.8, 4) is 0 Å². The molecule has 0 aliphatic heterocycles. The van der Waals surface area contributed by atoms with Gasteiger partial charge in [0.25, 0.3) is 0 Å². The second-order valence-corrected chi connectivity index (χ2v) is 6.26. The molecule has 2 N–H and O–H groups in total. The molecule has 0 heterocycles. The van der Waals surface area contributed by atoms with E-state index in [0.29, 0.717) is 6.42 Å². The van der Waals surface area contributed by atoms with Crippen LogP contribution in [0.3, 0.4) is 0 Å². The Morgan fingerprint density at radius 1 is 0.958 bits per heavy atom. The molecule has 1 fully saturated rings. The third-order valence-electron chi connectivity index (χ3n) is 4.49. The van der Waals surface area contributed by atoms with Crippen molar-refractivity contribution in [2.45, 2.75) is 26.7 Å². The van der Waals surface area contributed by atoms with Crippen LogP contribution in [0.2, 0.25) is 0 Å². The summed E-state index contributed by atoms with van der Waals surface area (Å²) in [7, 11) is 0. The summed E-state index contributed by atoms with van der Waals surface area (Å²) in [6, 6.07) is 15.3. The van der Waals surface area contributed by atoms with Crippen LogP contribution in [0.4, 0.5) is 11.4 Å². The maximum absolute atomic E-state index is 12.5. The lowest BCUT2D eigenvalue weighted by Gasteiger charge is -2.13. The average Bonchev–Trinajstić information content (AvgIpc) is 3.38. The Hall–Kier alpha value is -2.62. The Bertz CT molecular complexity index is 755. The van der Waals surface area contributed by atoms with Gasteiger partial charge in [0.15, 0.2) is 0 Å². The zero-order valence-corrected chi connectivity index (χ0v) is 14.0. The predicted molar refractivity (Wildman–Crippen MR) is 95.9 cm³/mol. The molecular formula is C20H22N2O2. The first kappa shape index (κ1) is 16.2. The van der Waals surface area contributed by atoms with Gasteiger partial charge in [0.2, 0.25) is 11.8 Å². The van der Waals surface area contributed by atoms with Crippen molar-refractivity contribution in [2.24, 2.45) is 11.8 Å². The van der Waals surface area contributed by atoms with Crippen LogP contribution in [0.15, 0.2) is 48.5 Å². The second kappa shape index (κ2) is 6.87. The van der Waals surface area contributed by atoms with Gasteiger partial charge in [-0.3, -0.25) is 9.59 Å². The van der Waals surface area contributed by atoms with E-state index in [2.05, 4.69) is 17.6 Å². The van der Waals surface area contributed by atoms with Gasteiger partial charge in [0, 0.05) is 11.4 Å². The number of anilines is 2. The van der Waals surface area contributed by atoms with E-state index < -0.39 is 0 Å². The number of benzene rings is 2. The molecule has 1 aliphatic carbocycles. The van der Waals surface area contributed by atoms with Crippen molar-refractivity contribution in [2.75, 3.05) is 10.6 Å². The molecular weight excluding hydrogens is 300 g/mol. The normalized spacial score (nSPS) is 18.8. The number of carbonyl (C=O) groups excluding carboxylic acids is 2. The topological polar surface area (TPSA) is 58.2 Å². The van der Waals surface area contributed by atoms with Gasteiger partial charge in [-0.25, -0.2) is 0 Å². The van der Waals surface area contributed by atoms with E-state index in [9.17, 15) is 9.59 Å². The van der Waals surface area contributed by atoms with E-state index in [0.717, 1.165) is 28.9 Å². The zero-order valence-electron chi connectivity index (χ0n) is 14.0. The standard InChI is InChI=1S/C20H22N2O2/c1-3-14-9-7-8-13(2)18(14)22-20(24)17-12-16(17)19(23)21-15-10-5-4-6-11-15/h4-11,16-17H,3,12H2,1-2H3,(H,21,23)(H,22,24). The molecule has 1 saturated carbocycles. The molecule has 0 saturated heterocycles. The van der Waals surface area contributed by atoms with Crippen molar-refractivity contribution in [1.29, 1.82) is 0 Å². The van der Waals surface area contributed by atoms with Gasteiger partial charge in [-0.2, -0.15) is 0 Å². The van der Waals surface area contributed by atoms with Gasteiger partial charge >= 0.3 is 0 Å². The molecule has 3 rings (SSSR count). The SMILES string of the molecule is CCc1cccc(C)c1NC(=O)C1CC1C(=O)Nc1ccccc1. The van der Waals surface area contributed by atoms with Crippen molar-refractivity contribution in [1.82, 2.24) is 0 Å². The van der Waals surface area contributed by atoms with E-state index in [1.807, 2.05) is 55.5 Å². The molecule has 2 amide bonds. The molecule has 0 aromatic heterocycles. The number of rotatable bonds is 5. The van der Waals surface area contributed by atoms with Gasteiger partial charge in [-0.1, -0.05) is 43.3 Å². The Balaban J connectivity index is 1.61. The number of carbonyl (C=O) groups is 2. The third-order valence-corrected chi connectivity index (χ3v) is 4.49. The predicted octanol–water partition coefficient (Wildman–Crippen LogP) is 3.77. The minimum Gasteiger partial charge on any atom is -0.326 e. The Kier molecular flexibility index (Phi) is 4.65. The number of nitrogens with one attached hydrogen (secondary N) is 2. The Morgan fingerprint density at radius 2 is 1.62 bits per heavy atom. The van der Waals surface area contributed by atoms with Gasteiger partial charge in [0.05, 0.1) is 11.8 Å². The smallest absolute Gasteiger partial charge is 0.228 e. The van der Waals surface area contributed by atoms with Crippen LogP contribution >= 0.6 is 0 Å². The Morgan fingerprint density at radius 3 is 2.29 bits per heavy atom. The number of amides is 2. The fraction of sp³-hybridized carbons (Fsp3) is 0.300. The lowest BCUT2D eigenvalue weighted by atomic mass is 10.1. The van der Waals surface area contributed by atoms with E-state index in [-0.39, 0.29) is 23.7 Å². The number of hydrogen-bond donors (Lipinski definition) is 2. The summed E-state index contributed by atoms with van der Waals surface area (Å²) in [5.41, 5.74) is 3.82. The largest absolute Gasteiger partial charge is 0.326 e. The van der Waals surface area contributed by atoms with Crippen molar-refractivity contribution in [3.05, 3.63) is 59.7 Å². The highest BCUT2D eigenvalue weighted by atomic mass is 16.2. The lowest BCUT2D eigenvalue weighted by molar-refractivity contribution is -0.122. The van der Waals surface area contributed by atoms with Crippen LogP contribution in [0.25, 0.3) is 0 Å². The molecule has 2 aromatic rings. The van der Waals surface area contributed by atoms with Crippen LogP contribution in [0.1, 0.15) is 24.5 Å². The fourth-order valence-corrected chi connectivity index (χ4v) is 2.95. The summed E-state index contributed by atoms with van der Waals surface area (Å²) in [6.07, 6.45) is 1.47. The van der Waals surface area contributed by atoms with E-state index in [1.54, 1.807) is 0 Å². The van der Waals surface area contributed by atoms with Gasteiger partial charge < -0.3 is 10.6 Å². The van der Waals surface area contributed by atoms with Crippen molar-refractivity contribution < 1.29 is 9.59 Å². The summed E-state index contributed by atoms with van der Waals surface area (Å²) < 4.78 is 0. The lowest BCUT2D eigenvalue weighted by Crippen LogP contribution is -2.21. The summed E-state index contributed by atoms with van der Waals surface area (Å²) in [5.74, 6) is -0.619. The first-order valence-electron chi connectivity index (χ1n) is 8.35. The highest BCUT2D eigenvalue weighted by Crippen LogP contribution is 2.40. The summed E-state index contributed by atoms with van der Waals surface area (Å²) >= 11 is 0. The van der Waals surface area contributed by atoms with Crippen LogP contribution in [-0.4, -0.2) is 11.8 Å². The molecule has 1 aliphatic rings. The van der Waals surface area contributed by atoms with Crippen LogP contribution in [0.5, 0.6) is 0 Å². The molecule has 2 unspecified atom stereocenters. The first-order valence-corrected chi connectivity index (χ1v) is 8.35. The van der Waals surface area contributed by atoms with Gasteiger partial charge in [-0.05, 0) is 43.0 Å². The third kappa shape index (κ3) is 3.48. The molecule has 24 heavy (non-hydrogen) atoms. The molecule has 0 spiro atoms. The summed E-state index contributed by atoms with van der Waals surface area (Å²) in [5, 5.41) is 5.89. The molecule has 4 heteroatoms. The summed E-state index contributed by atoms with van der Waals surface area (Å²) in [4.78, 5) is 24.7. The second-order valence-electron chi connectivity index (χ2n) is 6.26. The maximum atomic E-state index is 12.5. The van der Waals surface area contributed by atoms with E-state index in [4.69, 9.17) is 0 Å². The van der Waals surface area contributed by atoms with Crippen LogP contribution < -0.4 is 10.6 Å². The molecule has 2 atom stereocenters. The fourth-order valence-electron chi connectivity index (χ4n) is 2.95. The minimum absolute atomic E-state index is 0.0628. The molecule has 4 nitrogen and oxygen atoms in total. The molecule has 0 bridgehead atoms. The minimum atomic E-state index is -0.238. The van der Waals surface area contributed by atoms with E-state index in [1.165, 1.54) is 0 Å². The quantitative estimate of drug-likeness (QED) is 0.880. The number of aryl methyl sites for hydroxylation is 2. The highest BCUT2D eigenvalue weighted by molar-refractivity contribution is 6.03. The highest BCUT2D eigenvalue weighted by Gasteiger charge is 2.48. The molecule has 2 aromatic carbocycles. The number of hydrogen-bond acceptors (Lipinski definition) is 2. The summed E-state index contributed by atoms with van der Waals surface area (Å²) in [6.45, 7) is 4.05. The number of para-hydroxylation sites is 2. The monoisotopic (exact) mass is 322 g/mol. The average molecular weight is 322 g/mol. The maximum Gasteiger partial charge on any atom is 0.228 e. The molecule has 0 radical (unpaired) electrons. The van der Waals surface area contributed by atoms with E-state index >= 15 is 0 Å². The van der Waals surface area contributed by atoms with Gasteiger partial charge in [-0.15, -0.1) is 0 Å². The molecule has 124 valence electrons. The zero-order chi connectivity index (χ0) is 17.1. The first-order chi connectivity index (χ1) is 11.6. The van der Waals surface area contributed by atoms with Gasteiger partial charge in [0.1, 0.15) is 0 Å². The van der Waals surface area contributed by atoms with Crippen LogP contribution in [-0.2, 0) is 16.0 Å².